The van der Waals surface area contributed by atoms with Crippen LogP contribution in [0.1, 0.15) is 110 Å². The van der Waals surface area contributed by atoms with Gasteiger partial charge in [-0.05, 0) is 18.6 Å². The van der Waals surface area contributed by atoms with Crippen LogP contribution >= 0.6 is 7.82 Å². The maximum Gasteiger partial charge on any atom is 1.00 e. The fourth-order valence-electron chi connectivity index (χ4n) is 3.46. The third-order valence-electron chi connectivity index (χ3n) is 5.21. The molecule has 1 aromatic carbocycles. The van der Waals surface area contributed by atoms with Gasteiger partial charge in [-0.25, -0.2) is 0 Å². The summed E-state index contributed by atoms with van der Waals surface area (Å²) in [6.45, 7) is 2.47. The summed E-state index contributed by atoms with van der Waals surface area (Å²) in [5.74, 6) is 0.290. The van der Waals surface area contributed by atoms with Crippen LogP contribution in [0.2, 0.25) is 0 Å². The smallest absolute Gasteiger partial charge is 0.746 e. The van der Waals surface area contributed by atoms with Gasteiger partial charge in [0.15, 0.2) is 0 Å². The van der Waals surface area contributed by atoms with Crippen molar-refractivity contribution in [3.8, 4) is 5.75 Å². The molecule has 4 nitrogen and oxygen atoms in total. The van der Waals surface area contributed by atoms with Gasteiger partial charge in [-0.2, -0.15) is 0 Å². The van der Waals surface area contributed by atoms with Gasteiger partial charge in [-0.1, -0.05) is 121 Å². The van der Waals surface area contributed by atoms with E-state index in [1.165, 1.54) is 83.5 Å². The summed E-state index contributed by atoms with van der Waals surface area (Å²) in [4.78, 5) is 11.7. The number of hydrogen-bond acceptors (Lipinski definition) is 4. The number of phosphoric ester groups is 1. The van der Waals surface area contributed by atoms with Crippen molar-refractivity contribution in [1.82, 2.24) is 0 Å². The van der Waals surface area contributed by atoms with Gasteiger partial charge in [-0.15, -0.1) is 0 Å². The van der Waals surface area contributed by atoms with Gasteiger partial charge in [0.1, 0.15) is 5.75 Å². The summed E-state index contributed by atoms with van der Waals surface area (Å²) in [6.07, 6.45) is 20.7. The van der Waals surface area contributed by atoms with E-state index in [4.69, 9.17) is 9.05 Å². The van der Waals surface area contributed by atoms with Gasteiger partial charge in [0.05, 0.1) is 6.61 Å². The number of phosphoric acid groups is 1. The molecule has 1 atom stereocenters. The molecule has 0 aliphatic carbocycles. The van der Waals surface area contributed by atoms with Crippen LogP contribution in [0, 0.1) is 0 Å². The van der Waals surface area contributed by atoms with E-state index in [0.717, 1.165) is 19.3 Å². The Morgan fingerprint density at radius 1 is 0.700 bits per heavy atom. The summed E-state index contributed by atoms with van der Waals surface area (Å²) in [6, 6.07) is 8.46. The largest absolute Gasteiger partial charge is 1.00 e. The number of hydrogen-bond donors (Lipinski definition) is 0. The third kappa shape index (κ3) is 19.5. The Balaban J connectivity index is 0.00000841. The van der Waals surface area contributed by atoms with E-state index < -0.39 is 7.82 Å². The van der Waals surface area contributed by atoms with E-state index in [2.05, 4.69) is 6.92 Å². The maximum atomic E-state index is 11.7. The molecule has 0 aliphatic rings. The zero-order valence-corrected chi connectivity index (χ0v) is 23.5. The van der Waals surface area contributed by atoms with Crippen molar-refractivity contribution in [2.75, 3.05) is 6.61 Å². The minimum atomic E-state index is -4.25. The predicted molar refractivity (Wildman–Crippen MR) is 120 cm³/mol. The molecule has 0 saturated heterocycles. The number of unbranched alkanes of at least 4 members (excludes halogenated alkanes) is 15. The molecule has 30 heavy (non-hydrogen) atoms. The molecule has 0 N–H and O–H groups in total. The Hall–Kier alpha value is 0.806. The average Bonchev–Trinajstić information content (AvgIpc) is 2.70. The van der Waals surface area contributed by atoms with Crippen molar-refractivity contribution in [1.29, 1.82) is 0 Å². The van der Waals surface area contributed by atoms with Crippen LogP contribution in [0.4, 0.5) is 0 Å². The van der Waals surface area contributed by atoms with Crippen molar-refractivity contribution in [3.05, 3.63) is 30.3 Å². The van der Waals surface area contributed by atoms with Crippen molar-refractivity contribution < 1.29 is 69.9 Å². The Morgan fingerprint density at radius 2 is 1.10 bits per heavy atom. The fraction of sp³-hybridized carbons (Fsp3) is 0.750. The van der Waals surface area contributed by atoms with Gasteiger partial charge in [0, 0.05) is 0 Å². The van der Waals surface area contributed by atoms with Crippen LogP contribution in [-0.2, 0) is 9.09 Å². The first-order valence-corrected chi connectivity index (χ1v) is 13.3. The average molecular weight is 465 g/mol. The number of benzene rings is 1. The molecule has 1 unspecified atom stereocenters. The topological polar surface area (TPSA) is 58.6 Å². The second-order valence-electron chi connectivity index (χ2n) is 7.99. The summed E-state index contributed by atoms with van der Waals surface area (Å²) < 4.78 is 21.6. The summed E-state index contributed by atoms with van der Waals surface area (Å²) in [5, 5.41) is 0. The van der Waals surface area contributed by atoms with Gasteiger partial charge in [-0.3, -0.25) is 4.57 Å². The van der Waals surface area contributed by atoms with E-state index in [-0.39, 0.29) is 63.7 Å². The van der Waals surface area contributed by atoms with Crippen LogP contribution in [0.15, 0.2) is 30.3 Å². The summed E-state index contributed by atoms with van der Waals surface area (Å²) in [5.41, 5.74) is 0. The standard InChI is InChI=1S/C24H43O4P.K/c1-2-3-4-5-6-7-8-9-10-11-12-13-14-15-16-20-23-27-29(25,26)28-24-21-18-17-19-22-24;/h17-19,21-22H,2-16,20,23H2,1H3,(H,25,26);/q;+1/p-1. The van der Waals surface area contributed by atoms with E-state index in [9.17, 15) is 9.46 Å². The molecule has 1 rings (SSSR count). The Bertz CT molecular complexity index is 527. The first-order valence-electron chi connectivity index (χ1n) is 11.8. The first-order chi connectivity index (χ1) is 14.1. The first kappa shape index (κ1) is 30.8. The van der Waals surface area contributed by atoms with Crippen molar-refractivity contribution in [3.63, 3.8) is 0 Å². The quantitative estimate of drug-likeness (QED) is 0.158. The molecule has 0 aromatic heterocycles. The molecule has 0 aliphatic heterocycles. The van der Waals surface area contributed by atoms with Crippen LogP contribution in [0.3, 0.4) is 0 Å². The minimum Gasteiger partial charge on any atom is -0.746 e. The Kier molecular flexibility index (Phi) is 22.2. The fourth-order valence-corrected chi connectivity index (χ4v) is 4.25. The maximum absolute atomic E-state index is 11.7. The normalized spacial score (nSPS) is 12.9. The molecular weight excluding hydrogens is 422 g/mol. The van der Waals surface area contributed by atoms with E-state index in [1.807, 2.05) is 0 Å². The minimum absolute atomic E-state index is 0. The Labute approximate surface area is 227 Å². The molecule has 0 bridgehead atoms. The number of para-hydroxylation sites is 1. The van der Waals surface area contributed by atoms with E-state index in [0.29, 0.717) is 0 Å². The van der Waals surface area contributed by atoms with E-state index >= 15 is 0 Å². The third-order valence-corrected chi connectivity index (χ3v) is 6.14. The Morgan fingerprint density at radius 3 is 1.53 bits per heavy atom. The van der Waals surface area contributed by atoms with Crippen LogP contribution in [0.5, 0.6) is 5.75 Å². The van der Waals surface area contributed by atoms with Crippen molar-refractivity contribution in [2.24, 2.45) is 0 Å². The predicted octanol–water partition coefficient (Wildman–Crippen LogP) is 4.82. The van der Waals surface area contributed by atoms with E-state index in [1.54, 1.807) is 30.3 Å². The second-order valence-corrected chi connectivity index (χ2v) is 9.32. The number of rotatable bonds is 20. The molecule has 0 heterocycles. The SMILES string of the molecule is CCCCCCCCCCCCCCCCCCOP(=O)([O-])Oc1ccccc1.[K+]. The van der Waals surface area contributed by atoms with Gasteiger partial charge >= 0.3 is 59.2 Å². The zero-order valence-electron chi connectivity index (χ0n) is 19.5. The van der Waals surface area contributed by atoms with Crippen LogP contribution < -0.4 is 60.8 Å². The molecule has 0 amide bonds. The summed E-state index contributed by atoms with van der Waals surface area (Å²) >= 11 is 0. The van der Waals surface area contributed by atoms with Gasteiger partial charge in [0.25, 0.3) is 0 Å². The molecule has 6 heteroatoms. The molecule has 0 spiro atoms. The van der Waals surface area contributed by atoms with Gasteiger partial charge in [0.2, 0.25) is 0 Å². The molecule has 0 saturated carbocycles. The molecule has 0 fully saturated rings. The van der Waals surface area contributed by atoms with Crippen molar-refractivity contribution in [2.45, 2.75) is 110 Å². The molecule has 168 valence electrons. The van der Waals surface area contributed by atoms with Crippen LogP contribution in [-0.4, -0.2) is 6.61 Å². The van der Waals surface area contributed by atoms with Gasteiger partial charge < -0.3 is 13.9 Å². The molecule has 1 aromatic rings. The second kappa shape index (κ2) is 21.6. The molecular formula is C24H42KO4P. The summed E-state index contributed by atoms with van der Waals surface area (Å²) in [7, 11) is -4.25. The molecule has 0 radical (unpaired) electrons. The monoisotopic (exact) mass is 464 g/mol. The van der Waals surface area contributed by atoms with Crippen LogP contribution in [0.25, 0.3) is 0 Å². The zero-order chi connectivity index (χ0) is 21.0. The van der Waals surface area contributed by atoms with Crippen molar-refractivity contribution >= 4 is 7.82 Å².